The van der Waals surface area contributed by atoms with Gasteiger partial charge in [-0.15, -0.1) is 0 Å². The Morgan fingerprint density at radius 1 is 0.962 bits per heavy atom. The van der Waals surface area contributed by atoms with Gasteiger partial charge >= 0.3 is 0 Å². The third-order valence-electron chi connectivity index (χ3n) is 4.30. The molecule has 0 aliphatic heterocycles. The fourth-order valence-corrected chi connectivity index (χ4v) is 2.75. The van der Waals surface area contributed by atoms with Crippen LogP contribution in [0.2, 0.25) is 0 Å². The van der Waals surface area contributed by atoms with E-state index in [1.54, 1.807) is 7.11 Å². The van der Waals surface area contributed by atoms with Gasteiger partial charge in [0.15, 0.2) is 0 Å². The molecule has 0 amide bonds. The lowest BCUT2D eigenvalue weighted by Gasteiger charge is -2.16. The molecule has 0 spiro atoms. The Balaban J connectivity index is 1.86. The van der Waals surface area contributed by atoms with Crippen LogP contribution in [0.5, 0.6) is 5.75 Å². The molecular weight excluding hydrogens is 324 g/mol. The van der Waals surface area contributed by atoms with Gasteiger partial charge in [0.2, 0.25) is 5.95 Å². The molecule has 3 aromatic rings. The van der Waals surface area contributed by atoms with Crippen molar-refractivity contribution < 1.29 is 4.74 Å². The largest absolute Gasteiger partial charge is 0.497 e. The highest BCUT2D eigenvalue weighted by molar-refractivity contribution is 5.67. The van der Waals surface area contributed by atoms with Crippen LogP contribution in [0.4, 0.5) is 23.1 Å². The van der Waals surface area contributed by atoms with Crippen molar-refractivity contribution in [3.8, 4) is 5.75 Å². The van der Waals surface area contributed by atoms with E-state index in [2.05, 4.69) is 52.6 Å². The molecule has 3 rings (SSSR count). The topological polar surface area (TPSA) is 59.1 Å². The lowest BCUT2D eigenvalue weighted by molar-refractivity contribution is 0.415. The smallest absolute Gasteiger partial charge is 0.229 e. The number of nitrogens with one attached hydrogen (secondary N) is 2. The van der Waals surface area contributed by atoms with Crippen LogP contribution in [0.15, 0.2) is 48.7 Å². The molecule has 0 saturated carbocycles. The number of aromatic nitrogens is 2. The molecule has 5 nitrogen and oxygen atoms in total. The summed E-state index contributed by atoms with van der Waals surface area (Å²) in [7, 11) is 1.65. The van der Waals surface area contributed by atoms with Crippen LogP contribution in [0.25, 0.3) is 0 Å². The van der Waals surface area contributed by atoms with Gasteiger partial charge in [-0.05, 0) is 55.7 Å². The standard InChI is InChI=1S/C21H24N4O/c1-5-16-8-6-7-14(2)19(16)24-20-15(3)13-22-21(25-20)23-17-9-11-18(26-4)12-10-17/h6-13H,5H2,1-4H3,(H2,22,23,24,25). The molecule has 0 fully saturated rings. The van der Waals surface area contributed by atoms with E-state index in [0.717, 1.165) is 34.9 Å². The molecule has 0 radical (unpaired) electrons. The maximum absolute atomic E-state index is 5.18. The molecule has 0 aliphatic rings. The molecule has 1 heterocycles. The zero-order valence-corrected chi connectivity index (χ0v) is 15.6. The van der Waals surface area contributed by atoms with Gasteiger partial charge in [0.1, 0.15) is 11.6 Å². The summed E-state index contributed by atoms with van der Waals surface area (Å²) < 4.78 is 5.18. The fraction of sp³-hybridized carbons (Fsp3) is 0.238. The van der Waals surface area contributed by atoms with E-state index < -0.39 is 0 Å². The number of para-hydroxylation sites is 1. The lowest BCUT2D eigenvalue weighted by atomic mass is 10.1. The van der Waals surface area contributed by atoms with E-state index in [1.165, 1.54) is 11.1 Å². The summed E-state index contributed by atoms with van der Waals surface area (Å²) in [6.45, 7) is 6.27. The maximum atomic E-state index is 5.18. The Morgan fingerprint density at radius 2 is 1.73 bits per heavy atom. The molecule has 26 heavy (non-hydrogen) atoms. The van der Waals surface area contributed by atoms with Crippen LogP contribution in [0, 0.1) is 13.8 Å². The number of benzene rings is 2. The van der Waals surface area contributed by atoms with Crippen molar-refractivity contribution in [2.45, 2.75) is 27.2 Å². The summed E-state index contributed by atoms with van der Waals surface area (Å²) in [6, 6.07) is 14.0. The third-order valence-corrected chi connectivity index (χ3v) is 4.30. The van der Waals surface area contributed by atoms with Crippen LogP contribution in [-0.2, 0) is 6.42 Å². The highest BCUT2D eigenvalue weighted by Gasteiger charge is 2.09. The fourth-order valence-electron chi connectivity index (χ4n) is 2.75. The summed E-state index contributed by atoms with van der Waals surface area (Å²) in [4.78, 5) is 9.05. The third kappa shape index (κ3) is 3.94. The number of ether oxygens (including phenoxy) is 1. The van der Waals surface area contributed by atoms with Crippen LogP contribution >= 0.6 is 0 Å². The van der Waals surface area contributed by atoms with Crippen molar-refractivity contribution in [3.63, 3.8) is 0 Å². The summed E-state index contributed by atoms with van der Waals surface area (Å²) in [6.07, 6.45) is 2.79. The second-order valence-corrected chi connectivity index (χ2v) is 6.17. The number of aryl methyl sites for hydroxylation is 3. The average molecular weight is 348 g/mol. The van der Waals surface area contributed by atoms with E-state index in [9.17, 15) is 0 Å². The van der Waals surface area contributed by atoms with Crippen LogP contribution in [0.3, 0.4) is 0 Å². The van der Waals surface area contributed by atoms with E-state index >= 15 is 0 Å². The quantitative estimate of drug-likeness (QED) is 0.645. The number of rotatable bonds is 6. The SMILES string of the molecule is CCc1cccc(C)c1Nc1nc(Nc2ccc(OC)cc2)ncc1C. The van der Waals surface area contributed by atoms with Gasteiger partial charge in [0.05, 0.1) is 7.11 Å². The van der Waals surface area contributed by atoms with E-state index in [-0.39, 0.29) is 0 Å². The zero-order chi connectivity index (χ0) is 18.5. The van der Waals surface area contributed by atoms with Gasteiger partial charge in [-0.25, -0.2) is 4.98 Å². The van der Waals surface area contributed by atoms with Gasteiger partial charge in [0.25, 0.3) is 0 Å². The molecule has 0 saturated heterocycles. The first-order chi connectivity index (χ1) is 12.6. The Bertz CT molecular complexity index is 891. The van der Waals surface area contributed by atoms with Crippen LogP contribution in [0.1, 0.15) is 23.6 Å². The first-order valence-corrected chi connectivity index (χ1v) is 8.71. The minimum Gasteiger partial charge on any atom is -0.497 e. The summed E-state index contributed by atoms with van der Waals surface area (Å²) in [5, 5.41) is 6.73. The average Bonchev–Trinajstić information content (AvgIpc) is 2.66. The predicted octanol–water partition coefficient (Wildman–Crippen LogP) is 5.15. The molecule has 0 unspecified atom stereocenters. The van der Waals surface area contributed by atoms with Crippen LogP contribution < -0.4 is 15.4 Å². The number of nitrogens with zero attached hydrogens (tertiary/aromatic N) is 2. The van der Waals surface area contributed by atoms with E-state index in [4.69, 9.17) is 4.74 Å². The summed E-state index contributed by atoms with van der Waals surface area (Å²) >= 11 is 0. The highest BCUT2D eigenvalue weighted by atomic mass is 16.5. The molecule has 0 bridgehead atoms. The molecule has 2 aromatic carbocycles. The first kappa shape index (κ1) is 17.7. The Kier molecular flexibility index (Phi) is 5.37. The Labute approximate surface area is 154 Å². The second-order valence-electron chi connectivity index (χ2n) is 6.17. The van der Waals surface area contributed by atoms with Crippen molar-refractivity contribution in [2.24, 2.45) is 0 Å². The highest BCUT2D eigenvalue weighted by Crippen LogP contribution is 2.27. The summed E-state index contributed by atoms with van der Waals surface area (Å²) in [5.41, 5.74) is 5.49. The Morgan fingerprint density at radius 3 is 2.42 bits per heavy atom. The van der Waals surface area contributed by atoms with Crippen molar-refractivity contribution >= 4 is 23.1 Å². The van der Waals surface area contributed by atoms with E-state index in [0.29, 0.717) is 5.95 Å². The van der Waals surface area contributed by atoms with Gasteiger partial charge in [0, 0.05) is 23.1 Å². The van der Waals surface area contributed by atoms with E-state index in [1.807, 2.05) is 37.4 Å². The van der Waals surface area contributed by atoms with Crippen LogP contribution in [-0.4, -0.2) is 17.1 Å². The molecule has 1 aromatic heterocycles. The molecular formula is C21H24N4O. The lowest BCUT2D eigenvalue weighted by Crippen LogP contribution is -2.05. The molecule has 2 N–H and O–H groups in total. The summed E-state index contributed by atoms with van der Waals surface area (Å²) in [5.74, 6) is 2.17. The predicted molar refractivity (Wildman–Crippen MR) is 107 cm³/mol. The minimum absolute atomic E-state index is 0.551. The van der Waals surface area contributed by atoms with Gasteiger partial charge in [-0.3, -0.25) is 0 Å². The number of anilines is 4. The molecule has 0 aliphatic carbocycles. The maximum Gasteiger partial charge on any atom is 0.229 e. The Hall–Kier alpha value is -3.08. The molecule has 134 valence electrons. The number of hydrogen-bond donors (Lipinski definition) is 2. The van der Waals surface area contributed by atoms with Crippen molar-refractivity contribution in [2.75, 3.05) is 17.7 Å². The second kappa shape index (κ2) is 7.87. The van der Waals surface area contributed by atoms with Crippen molar-refractivity contribution in [3.05, 3.63) is 65.4 Å². The van der Waals surface area contributed by atoms with Crippen molar-refractivity contribution in [1.29, 1.82) is 0 Å². The van der Waals surface area contributed by atoms with Gasteiger partial charge in [-0.2, -0.15) is 4.98 Å². The number of hydrogen-bond acceptors (Lipinski definition) is 5. The van der Waals surface area contributed by atoms with Crippen molar-refractivity contribution in [1.82, 2.24) is 9.97 Å². The zero-order valence-electron chi connectivity index (χ0n) is 15.6. The van der Waals surface area contributed by atoms with Gasteiger partial charge < -0.3 is 15.4 Å². The number of methoxy groups -OCH3 is 1. The molecule has 0 atom stereocenters. The first-order valence-electron chi connectivity index (χ1n) is 8.71. The normalized spacial score (nSPS) is 10.5. The minimum atomic E-state index is 0.551. The molecule has 5 heteroatoms. The monoisotopic (exact) mass is 348 g/mol. The van der Waals surface area contributed by atoms with Gasteiger partial charge in [-0.1, -0.05) is 25.1 Å².